The molecular formula is C23H27FN4O3. The molecule has 2 aromatic carbocycles. The molecule has 0 saturated carbocycles. The molecule has 0 aliphatic carbocycles. The summed E-state index contributed by atoms with van der Waals surface area (Å²) in [5.41, 5.74) is 2.50. The van der Waals surface area contributed by atoms with Gasteiger partial charge in [0.1, 0.15) is 17.4 Å². The van der Waals surface area contributed by atoms with Crippen LogP contribution in [0, 0.1) is 5.82 Å². The van der Waals surface area contributed by atoms with E-state index in [1.807, 2.05) is 32.2 Å². The van der Waals surface area contributed by atoms with E-state index >= 15 is 0 Å². The molecule has 1 aliphatic rings. The van der Waals surface area contributed by atoms with Crippen LogP contribution in [0.5, 0.6) is 5.75 Å². The second-order valence-electron chi connectivity index (χ2n) is 7.64. The Kier molecular flexibility index (Phi) is 6.48. The predicted molar refractivity (Wildman–Crippen MR) is 117 cm³/mol. The van der Waals surface area contributed by atoms with Crippen LogP contribution in [0.1, 0.15) is 19.2 Å². The van der Waals surface area contributed by atoms with Gasteiger partial charge in [-0.15, -0.1) is 0 Å². The average Bonchev–Trinajstić information content (AvgIpc) is 3.08. The highest BCUT2D eigenvalue weighted by molar-refractivity contribution is 5.96. The predicted octanol–water partition coefficient (Wildman–Crippen LogP) is 3.34. The molecule has 0 bridgehead atoms. The zero-order valence-corrected chi connectivity index (χ0v) is 17.8. The maximum absolute atomic E-state index is 13.1. The topological polar surface area (TPSA) is 68.6 Å². The zero-order chi connectivity index (χ0) is 21.8. The van der Waals surface area contributed by atoms with Gasteiger partial charge < -0.3 is 19.4 Å². The minimum atomic E-state index is -0.679. The molecule has 31 heavy (non-hydrogen) atoms. The van der Waals surface area contributed by atoms with E-state index in [-0.39, 0.29) is 11.7 Å². The van der Waals surface area contributed by atoms with Crippen molar-refractivity contribution in [1.82, 2.24) is 14.5 Å². The minimum Gasteiger partial charge on any atom is -0.481 e. The molecule has 0 spiro atoms. The lowest BCUT2D eigenvalue weighted by Crippen LogP contribution is -2.36. The second kappa shape index (κ2) is 9.45. The first-order chi connectivity index (χ1) is 15.0. The number of halogens is 1. The molecule has 2 heterocycles. The van der Waals surface area contributed by atoms with Crippen molar-refractivity contribution in [2.45, 2.75) is 26.0 Å². The summed E-state index contributed by atoms with van der Waals surface area (Å²) in [6.07, 6.45) is -0.194. The fourth-order valence-electron chi connectivity index (χ4n) is 3.65. The van der Waals surface area contributed by atoms with Gasteiger partial charge in [-0.25, -0.2) is 9.37 Å². The maximum atomic E-state index is 13.1. The monoisotopic (exact) mass is 426 g/mol. The van der Waals surface area contributed by atoms with E-state index in [9.17, 15) is 9.18 Å². The van der Waals surface area contributed by atoms with Crippen LogP contribution in [0.15, 0.2) is 42.5 Å². The highest BCUT2D eigenvalue weighted by Gasteiger charge is 2.20. The number of aryl methyl sites for hydroxylation is 1. The van der Waals surface area contributed by atoms with Crippen molar-refractivity contribution in [2.75, 3.05) is 31.6 Å². The number of benzene rings is 2. The van der Waals surface area contributed by atoms with E-state index < -0.39 is 6.10 Å². The quantitative estimate of drug-likeness (QED) is 0.628. The van der Waals surface area contributed by atoms with E-state index in [0.717, 1.165) is 49.7 Å². The van der Waals surface area contributed by atoms with Gasteiger partial charge in [0, 0.05) is 25.8 Å². The summed E-state index contributed by atoms with van der Waals surface area (Å²) in [4.78, 5) is 19.8. The first-order valence-corrected chi connectivity index (χ1v) is 10.5. The highest BCUT2D eigenvalue weighted by Crippen LogP contribution is 2.22. The number of carbonyl (C=O) groups excluding carboxylic acids is 1. The Balaban J connectivity index is 1.45. The van der Waals surface area contributed by atoms with Crippen LogP contribution < -0.4 is 10.1 Å². The fourth-order valence-corrected chi connectivity index (χ4v) is 3.65. The van der Waals surface area contributed by atoms with Crippen LogP contribution >= 0.6 is 0 Å². The number of hydrogen-bond donors (Lipinski definition) is 1. The molecule has 0 radical (unpaired) electrons. The molecular weight excluding hydrogens is 399 g/mol. The smallest absolute Gasteiger partial charge is 0.265 e. The highest BCUT2D eigenvalue weighted by atomic mass is 19.1. The van der Waals surface area contributed by atoms with Crippen molar-refractivity contribution < 1.29 is 18.7 Å². The SMILES string of the molecule is CCC(Oc1ccc(F)cc1)C(=O)Nc1ccc2c(c1)nc(CN1CCOCC1)n2C. The van der Waals surface area contributed by atoms with Gasteiger partial charge in [-0.2, -0.15) is 0 Å². The van der Waals surface area contributed by atoms with Crippen LogP contribution in [-0.2, 0) is 23.1 Å². The summed E-state index contributed by atoms with van der Waals surface area (Å²) in [5, 5.41) is 2.91. The summed E-state index contributed by atoms with van der Waals surface area (Å²) in [6, 6.07) is 11.4. The average molecular weight is 426 g/mol. The Morgan fingerprint density at radius 1 is 1.23 bits per heavy atom. The van der Waals surface area contributed by atoms with Crippen molar-refractivity contribution in [2.24, 2.45) is 7.05 Å². The lowest BCUT2D eigenvalue weighted by Gasteiger charge is -2.26. The van der Waals surface area contributed by atoms with Gasteiger partial charge in [-0.05, 0) is 48.9 Å². The van der Waals surface area contributed by atoms with Crippen LogP contribution in [0.3, 0.4) is 0 Å². The number of nitrogens with zero attached hydrogens (tertiary/aromatic N) is 3. The Bertz CT molecular complexity index is 1040. The van der Waals surface area contributed by atoms with Gasteiger partial charge in [-0.3, -0.25) is 9.69 Å². The number of anilines is 1. The number of imidazole rings is 1. The van der Waals surface area contributed by atoms with Crippen molar-refractivity contribution >= 4 is 22.6 Å². The first-order valence-electron chi connectivity index (χ1n) is 10.5. The summed E-state index contributed by atoms with van der Waals surface area (Å²) in [6.45, 7) is 5.93. The largest absolute Gasteiger partial charge is 0.481 e. The lowest BCUT2D eigenvalue weighted by molar-refractivity contribution is -0.122. The van der Waals surface area contributed by atoms with Gasteiger partial charge in [-0.1, -0.05) is 6.92 Å². The first kappa shape index (κ1) is 21.3. The Hall–Kier alpha value is -2.97. The van der Waals surface area contributed by atoms with Crippen molar-refractivity contribution in [3.8, 4) is 5.75 Å². The molecule has 1 saturated heterocycles. The number of amides is 1. The van der Waals surface area contributed by atoms with E-state index in [1.54, 1.807) is 0 Å². The van der Waals surface area contributed by atoms with E-state index in [0.29, 0.717) is 17.9 Å². The summed E-state index contributed by atoms with van der Waals surface area (Å²) < 4.78 is 26.3. The van der Waals surface area contributed by atoms with Crippen LogP contribution in [0.4, 0.5) is 10.1 Å². The van der Waals surface area contributed by atoms with Crippen LogP contribution in [-0.4, -0.2) is 52.8 Å². The Morgan fingerprint density at radius 3 is 2.68 bits per heavy atom. The molecule has 1 aromatic heterocycles. The second-order valence-corrected chi connectivity index (χ2v) is 7.64. The van der Waals surface area contributed by atoms with Crippen LogP contribution in [0.2, 0.25) is 0 Å². The van der Waals surface area contributed by atoms with Gasteiger partial charge in [0.05, 0.1) is 30.8 Å². The molecule has 1 amide bonds. The zero-order valence-electron chi connectivity index (χ0n) is 17.8. The summed E-state index contributed by atoms with van der Waals surface area (Å²) in [5.74, 6) is 0.833. The molecule has 1 unspecified atom stereocenters. The Labute approximate surface area is 180 Å². The molecule has 4 rings (SSSR count). The molecule has 164 valence electrons. The van der Waals surface area contributed by atoms with Crippen molar-refractivity contribution in [3.05, 3.63) is 54.1 Å². The fraction of sp³-hybridized carbons (Fsp3) is 0.391. The van der Waals surface area contributed by atoms with Crippen LogP contribution in [0.25, 0.3) is 11.0 Å². The number of carbonyl (C=O) groups is 1. The molecule has 7 nitrogen and oxygen atoms in total. The summed E-state index contributed by atoms with van der Waals surface area (Å²) >= 11 is 0. The number of hydrogen-bond acceptors (Lipinski definition) is 5. The minimum absolute atomic E-state index is 0.254. The third-order valence-electron chi connectivity index (χ3n) is 5.46. The van der Waals surface area contributed by atoms with E-state index in [4.69, 9.17) is 14.5 Å². The number of fused-ring (bicyclic) bond motifs is 1. The number of morpholine rings is 1. The van der Waals surface area contributed by atoms with Gasteiger partial charge in [0.15, 0.2) is 6.10 Å². The van der Waals surface area contributed by atoms with Gasteiger partial charge in [0.25, 0.3) is 5.91 Å². The van der Waals surface area contributed by atoms with Gasteiger partial charge in [0.2, 0.25) is 0 Å². The number of rotatable bonds is 7. The van der Waals surface area contributed by atoms with E-state index in [2.05, 4.69) is 14.8 Å². The molecule has 1 atom stereocenters. The molecule has 8 heteroatoms. The normalized spacial score (nSPS) is 15.7. The Morgan fingerprint density at radius 2 is 1.97 bits per heavy atom. The van der Waals surface area contributed by atoms with Crippen molar-refractivity contribution in [1.29, 1.82) is 0 Å². The third-order valence-corrected chi connectivity index (χ3v) is 5.46. The molecule has 1 N–H and O–H groups in total. The maximum Gasteiger partial charge on any atom is 0.265 e. The number of nitrogens with one attached hydrogen (secondary N) is 1. The number of ether oxygens (including phenoxy) is 2. The van der Waals surface area contributed by atoms with E-state index in [1.165, 1.54) is 24.3 Å². The van der Waals surface area contributed by atoms with Gasteiger partial charge >= 0.3 is 0 Å². The molecule has 1 aliphatic heterocycles. The number of aromatic nitrogens is 2. The van der Waals surface area contributed by atoms with Crippen molar-refractivity contribution in [3.63, 3.8) is 0 Å². The molecule has 3 aromatic rings. The summed E-state index contributed by atoms with van der Waals surface area (Å²) in [7, 11) is 2.01. The molecule has 1 fully saturated rings. The standard InChI is InChI=1S/C23H27FN4O3/c1-3-21(31-18-7-4-16(24)5-8-18)23(29)25-17-6-9-20-19(14-17)26-22(27(20)2)15-28-10-12-30-13-11-28/h4-9,14,21H,3,10-13,15H2,1-2H3,(H,25,29). The third kappa shape index (κ3) is 5.03. The lowest BCUT2D eigenvalue weighted by atomic mass is 10.2.